The van der Waals surface area contributed by atoms with Crippen LogP contribution < -0.4 is 11.1 Å². The highest BCUT2D eigenvalue weighted by molar-refractivity contribution is 5.97. The molecule has 1 fully saturated rings. The van der Waals surface area contributed by atoms with Gasteiger partial charge in [-0.3, -0.25) is 9.89 Å². The topological polar surface area (TPSA) is 83.8 Å². The van der Waals surface area contributed by atoms with Crippen molar-refractivity contribution in [1.82, 2.24) is 15.5 Å². The summed E-state index contributed by atoms with van der Waals surface area (Å²) < 4.78 is 0. The quantitative estimate of drug-likeness (QED) is 0.765. The summed E-state index contributed by atoms with van der Waals surface area (Å²) >= 11 is 0. The Morgan fingerprint density at radius 3 is 2.94 bits per heavy atom. The Kier molecular flexibility index (Phi) is 3.89. The summed E-state index contributed by atoms with van der Waals surface area (Å²) in [6, 6.07) is 0.266. The van der Waals surface area contributed by atoms with Gasteiger partial charge in [0.2, 0.25) is 0 Å². The second-order valence-electron chi connectivity index (χ2n) is 5.26. The molecule has 0 radical (unpaired) electrons. The monoisotopic (exact) mass is 250 g/mol. The molecule has 0 saturated heterocycles. The predicted octanol–water partition coefficient (Wildman–Crippen LogP) is 1.86. The number of carbonyl (C=O) groups excluding carboxylic acids is 1. The number of nitrogens with one attached hydrogen (secondary N) is 2. The molecule has 4 N–H and O–H groups in total. The lowest BCUT2D eigenvalue weighted by Crippen LogP contribution is -2.38. The molecule has 1 amide bonds. The van der Waals surface area contributed by atoms with Crippen molar-refractivity contribution in [2.75, 3.05) is 5.73 Å². The molecule has 1 aliphatic rings. The first-order chi connectivity index (χ1) is 8.61. The van der Waals surface area contributed by atoms with Gasteiger partial charge in [0.1, 0.15) is 0 Å². The second kappa shape index (κ2) is 5.42. The third-order valence-electron chi connectivity index (χ3n) is 3.72. The van der Waals surface area contributed by atoms with Crippen LogP contribution in [0, 0.1) is 5.92 Å². The van der Waals surface area contributed by atoms with Crippen LogP contribution in [-0.4, -0.2) is 22.1 Å². The Labute approximate surface area is 108 Å². The third kappa shape index (κ3) is 2.66. The number of rotatable bonds is 3. The average molecular weight is 250 g/mol. The van der Waals surface area contributed by atoms with E-state index in [1.54, 1.807) is 0 Å². The van der Waals surface area contributed by atoms with Gasteiger partial charge in [-0.05, 0) is 25.2 Å². The molecule has 1 heterocycles. The van der Waals surface area contributed by atoms with Crippen LogP contribution in [0.3, 0.4) is 0 Å². The van der Waals surface area contributed by atoms with Crippen molar-refractivity contribution in [3.8, 4) is 0 Å². The summed E-state index contributed by atoms with van der Waals surface area (Å²) in [5.41, 5.74) is 7.55. The zero-order valence-corrected chi connectivity index (χ0v) is 11.1. The van der Waals surface area contributed by atoms with Crippen molar-refractivity contribution in [1.29, 1.82) is 0 Å². The fourth-order valence-corrected chi connectivity index (χ4v) is 2.65. The third-order valence-corrected chi connectivity index (χ3v) is 3.72. The van der Waals surface area contributed by atoms with E-state index in [9.17, 15) is 4.79 Å². The van der Waals surface area contributed by atoms with Crippen LogP contribution in [0.1, 0.15) is 55.7 Å². The number of hydrogen-bond donors (Lipinski definition) is 3. The first kappa shape index (κ1) is 12.9. The van der Waals surface area contributed by atoms with Gasteiger partial charge in [-0.1, -0.05) is 26.7 Å². The lowest BCUT2D eigenvalue weighted by Gasteiger charge is -2.27. The molecule has 0 aliphatic heterocycles. The molecule has 1 aromatic rings. The molecule has 18 heavy (non-hydrogen) atoms. The highest BCUT2D eigenvalue weighted by Crippen LogP contribution is 2.24. The summed E-state index contributed by atoms with van der Waals surface area (Å²) in [7, 11) is 0. The van der Waals surface area contributed by atoms with Gasteiger partial charge in [-0.25, -0.2) is 0 Å². The second-order valence-corrected chi connectivity index (χ2v) is 5.26. The largest absolute Gasteiger partial charge is 0.395 e. The van der Waals surface area contributed by atoms with Gasteiger partial charge < -0.3 is 11.1 Å². The first-order valence-electron chi connectivity index (χ1n) is 6.75. The fraction of sp³-hybridized carbons (Fsp3) is 0.692. The van der Waals surface area contributed by atoms with E-state index < -0.39 is 0 Å². The van der Waals surface area contributed by atoms with E-state index in [0.29, 0.717) is 17.3 Å². The maximum Gasteiger partial charge on any atom is 0.274 e. The van der Waals surface area contributed by atoms with E-state index in [1.807, 2.05) is 6.92 Å². The van der Waals surface area contributed by atoms with Gasteiger partial charge in [0.05, 0.1) is 11.4 Å². The number of carbonyl (C=O) groups is 1. The molecule has 5 heteroatoms. The summed E-state index contributed by atoms with van der Waals surface area (Å²) in [5.74, 6) is 0.536. The van der Waals surface area contributed by atoms with Crippen LogP contribution in [0.4, 0.5) is 5.69 Å². The summed E-state index contributed by atoms with van der Waals surface area (Å²) in [4.78, 5) is 12.1. The van der Waals surface area contributed by atoms with Gasteiger partial charge >= 0.3 is 0 Å². The van der Waals surface area contributed by atoms with Gasteiger partial charge in [0, 0.05) is 6.04 Å². The zero-order valence-electron chi connectivity index (χ0n) is 11.1. The fourth-order valence-electron chi connectivity index (χ4n) is 2.65. The van der Waals surface area contributed by atoms with Crippen molar-refractivity contribution in [2.45, 2.75) is 52.0 Å². The minimum atomic E-state index is -0.150. The standard InChI is InChI=1S/C13H22N4O/c1-3-10-11(14)12(17-16-10)13(18)15-9-6-4-5-8(2)7-9/h8-9H,3-7,14H2,1-2H3,(H,15,18)(H,16,17). The lowest BCUT2D eigenvalue weighted by atomic mass is 9.87. The minimum absolute atomic E-state index is 0.150. The highest BCUT2D eigenvalue weighted by Gasteiger charge is 2.23. The van der Waals surface area contributed by atoms with Crippen LogP contribution in [-0.2, 0) is 6.42 Å². The molecule has 0 aromatic carbocycles. The molecule has 0 bridgehead atoms. The summed E-state index contributed by atoms with van der Waals surface area (Å²) in [6.07, 6.45) is 5.31. The van der Waals surface area contributed by atoms with Gasteiger partial charge in [-0.15, -0.1) is 0 Å². The minimum Gasteiger partial charge on any atom is -0.395 e. The number of aryl methyl sites for hydroxylation is 1. The van der Waals surface area contributed by atoms with Crippen molar-refractivity contribution < 1.29 is 4.79 Å². The molecule has 1 saturated carbocycles. The molecule has 2 unspecified atom stereocenters. The molecule has 2 rings (SSSR count). The number of nitrogens with zero attached hydrogens (tertiary/aromatic N) is 1. The molecular formula is C13H22N4O. The van der Waals surface area contributed by atoms with E-state index >= 15 is 0 Å². The van der Waals surface area contributed by atoms with Crippen LogP contribution in [0.15, 0.2) is 0 Å². The van der Waals surface area contributed by atoms with Crippen LogP contribution in [0.5, 0.6) is 0 Å². The number of nitrogens with two attached hydrogens (primary N) is 1. The maximum atomic E-state index is 12.1. The number of H-pyrrole nitrogens is 1. The molecule has 1 aliphatic carbocycles. The molecule has 1 aromatic heterocycles. The van der Waals surface area contributed by atoms with Gasteiger partial charge in [-0.2, -0.15) is 5.10 Å². The van der Waals surface area contributed by atoms with Crippen LogP contribution in [0.2, 0.25) is 0 Å². The lowest BCUT2D eigenvalue weighted by molar-refractivity contribution is 0.0917. The van der Waals surface area contributed by atoms with Crippen LogP contribution in [0.25, 0.3) is 0 Å². The van der Waals surface area contributed by atoms with Gasteiger partial charge in [0.15, 0.2) is 5.69 Å². The van der Waals surface area contributed by atoms with E-state index in [-0.39, 0.29) is 11.9 Å². The molecular weight excluding hydrogens is 228 g/mol. The smallest absolute Gasteiger partial charge is 0.274 e. The predicted molar refractivity (Wildman–Crippen MR) is 71.3 cm³/mol. The van der Waals surface area contributed by atoms with Crippen molar-refractivity contribution >= 4 is 11.6 Å². The van der Waals surface area contributed by atoms with Gasteiger partial charge in [0.25, 0.3) is 5.91 Å². The van der Waals surface area contributed by atoms with Crippen molar-refractivity contribution in [3.63, 3.8) is 0 Å². The van der Waals surface area contributed by atoms with E-state index in [2.05, 4.69) is 22.4 Å². The molecule has 5 nitrogen and oxygen atoms in total. The normalized spacial score (nSPS) is 23.9. The Morgan fingerprint density at radius 2 is 2.33 bits per heavy atom. The number of aromatic amines is 1. The first-order valence-corrected chi connectivity index (χ1v) is 6.75. The Hall–Kier alpha value is -1.52. The maximum absolute atomic E-state index is 12.1. The summed E-state index contributed by atoms with van der Waals surface area (Å²) in [6.45, 7) is 4.21. The Bertz CT molecular complexity index is 427. The SMILES string of the molecule is CCc1[nH]nc(C(=O)NC2CCCC(C)C2)c1N. The number of aromatic nitrogens is 2. The number of nitrogen functional groups attached to an aromatic ring is 1. The van der Waals surface area contributed by atoms with E-state index in [1.165, 1.54) is 12.8 Å². The number of amides is 1. The number of anilines is 1. The average Bonchev–Trinajstić information content (AvgIpc) is 2.70. The molecule has 2 atom stereocenters. The van der Waals surface area contributed by atoms with Crippen LogP contribution >= 0.6 is 0 Å². The Morgan fingerprint density at radius 1 is 1.56 bits per heavy atom. The number of hydrogen-bond acceptors (Lipinski definition) is 3. The summed E-state index contributed by atoms with van der Waals surface area (Å²) in [5, 5.41) is 9.87. The van der Waals surface area contributed by atoms with E-state index in [4.69, 9.17) is 5.73 Å². The van der Waals surface area contributed by atoms with Crippen molar-refractivity contribution in [2.24, 2.45) is 5.92 Å². The molecule has 100 valence electrons. The van der Waals surface area contributed by atoms with E-state index in [0.717, 1.165) is 25.0 Å². The molecule has 0 spiro atoms. The van der Waals surface area contributed by atoms with Crippen molar-refractivity contribution in [3.05, 3.63) is 11.4 Å². The Balaban J connectivity index is 2.00. The highest BCUT2D eigenvalue weighted by atomic mass is 16.2. The zero-order chi connectivity index (χ0) is 13.1.